The fourth-order valence-electron chi connectivity index (χ4n) is 11.8. The third kappa shape index (κ3) is 3.27. The smallest absolute Gasteiger partial charge is 0.313 e. The van der Waals surface area contributed by atoms with Crippen molar-refractivity contribution in [2.75, 3.05) is 0 Å². The summed E-state index contributed by atoms with van der Waals surface area (Å²) in [6.07, 6.45) is 7.90. The molecule has 5 fully saturated rings. The number of carbonyl (C=O) groups is 3. The van der Waals surface area contributed by atoms with Gasteiger partial charge in [-0.15, -0.1) is 0 Å². The number of carbonyl (C=O) groups excluding carboxylic acids is 1. The molecular formula is C32H48O6. The Morgan fingerprint density at radius 3 is 2.03 bits per heavy atom. The second-order valence-corrected chi connectivity index (χ2v) is 14.9. The molecule has 0 aliphatic heterocycles. The molecule has 0 heterocycles. The maximum Gasteiger partial charge on any atom is 0.313 e. The number of carboxylic acid groups (broad SMARTS) is 2. The summed E-state index contributed by atoms with van der Waals surface area (Å²) in [4.78, 5) is 37.6. The van der Waals surface area contributed by atoms with Gasteiger partial charge in [0.05, 0.1) is 5.41 Å². The first kappa shape index (κ1) is 27.7. The molecule has 0 aromatic rings. The van der Waals surface area contributed by atoms with Crippen LogP contribution in [0.2, 0.25) is 0 Å². The molecule has 38 heavy (non-hydrogen) atoms. The van der Waals surface area contributed by atoms with Crippen molar-refractivity contribution in [2.45, 2.75) is 112 Å². The van der Waals surface area contributed by atoms with E-state index in [1.807, 2.05) is 6.92 Å². The van der Waals surface area contributed by atoms with Gasteiger partial charge in [0.2, 0.25) is 0 Å². The summed E-state index contributed by atoms with van der Waals surface area (Å²) in [7, 11) is 0. The molecule has 2 N–H and O–H groups in total. The first-order valence-corrected chi connectivity index (χ1v) is 14.9. The predicted octanol–water partition coefficient (Wildman–Crippen LogP) is 6.73. The zero-order valence-corrected chi connectivity index (χ0v) is 24.3. The monoisotopic (exact) mass is 528 g/mol. The van der Waals surface area contributed by atoms with Crippen LogP contribution in [0.25, 0.3) is 0 Å². The van der Waals surface area contributed by atoms with Crippen LogP contribution in [0.5, 0.6) is 0 Å². The Kier molecular flexibility index (Phi) is 6.25. The van der Waals surface area contributed by atoms with E-state index in [1.165, 1.54) is 6.92 Å². The van der Waals surface area contributed by atoms with Gasteiger partial charge in [-0.1, -0.05) is 32.9 Å². The summed E-state index contributed by atoms with van der Waals surface area (Å²) < 4.78 is 5.66. The molecule has 0 amide bonds. The normalized spacial score (nSPS) is 51.5. The van der Waals surface area contributed by atoms with Crippen molar-refractivity contribution in [2.24, 2.45) is 56.7 Å². The van der Waals surface area contributed by atoms with Crippen LogP contribution in [-0.4, -0.2) is 34.2 Å². The molecule has 11 atom stereocenters. The Hall–Kier alpha value is -1.85. The van der Waals surface area contributed by atoms with Crippen LogP contribution < -0.4 is 0 Å². The molecule has 6 heteroatoms. The Bertz CT molecular complexity index is 1070. The summed E-state index contributed by atoms with van der Waals surface area (Å²) in [6.45, 7) is 16.8. The third-order valence-electron chi connectivity index (χ3n) is 13.9. The molecule has 0 saturated heterocycles. The average Bonchev–Trinajstić information content (AvgIpc) is 3.22. The lowest BCUT2D eigenvalue weighted by atomic mass is 9.32. The number of ether oxygens (including phenoxy) is 1. The first-order chi connectivity index (χ1) is 17.6. The highest BCUT2D eigenvalue weighted by Crippen LogP contribution is 2.77. The maximum atomic E-state index is 12.9. The van der Waals surface area contributed by atoms with E-state index >= 15 is 0 Å². The molecule has 0 spiro atoms. The number of hydrogen-bond donors (Lipinski definition) is 2. The van der Waals surface area contributed by atoms with Crippen LogP contribution in [0, 0.1) is 56.7 Å². The van der Waals surface area contributed by atoms with Gasteiger partial charge < -0.3 is 14.9 Å². The van der Waals surface area contributed by atoms with Crippen molar-refractivity contribution in [3.8, 4) is 0 Å². The van der Waals surface area contributed by atoms with Gasteiger partial charge in [-0.25, -0.2) is 0 Å². The van der Waals surface area contributed by atoms with E-state index in [0.29, 0.717) is 18.3 Å². The van der Waals surface area contributed by atoms with Gasteiger partial charge in [0.1, 0.15) is 11.5 Å². The lowest BCUT2D eigenvalue weighted by Crippen LogP contribution is -2.68. The minimum Gasteiger partial charge on any atom is -0.481 e. The molecular weight excluding hydrogens is 480 g/mol. The molecule has 5 rings (SSSR count). The van der Waals surface area contributed by atoms with Crippen molar-refractivity contribution in [1.29, 1.82) is 0 Å². The number of carboxylic acids is 2. The Balaban J connectivity index is 1.55. The quantitative estimate of drug-likeness (QED) is 0.310. The molecule has 2 unspecified atom stereocenters. The van der Waals surface area contributed by atoms with Gasteiger partial charge in [0, 0.05) is 6.92 Å². The zero-order chi connectivity index (χ0) is 28.1. The van der Waals surface area contributed by atoms with Crippen LogP contribution in [0.3, 0.4) is 0 Å². The lowest BCUT2D eigenvalue weighted by Gasteiger charge is -2.72. The van der Waals surface area contributed by atoms with Crippen LogP contribution >= 0.6 is 0 Å². The van der Waals surface area contributed by atoms with E-state index in [4.69, 9.17) is 4.74 Å². The summed E-state index contributed by atoms with van der Waals surface area (Å²) in [5.41, 5.74) is -0.789. The Morgan fingerprint density at radius 2 is 1.45 bits per heavy atom. The number of aliphatic carboxylic acids is 2. The largest absolute Gasteiger partial charge is 0.481 e. The van der Waals surface area contributed by atoms with E-state index in [-0.39, 0.29) is 34.0 Å². The number of esters is 1. The van der Waals surface area contributed by atoms with Crippen LogP contribution in [0.4, 0.5) is 0 Å². The van der Waals surface area contributed by atoms with Crippen LogP contribution in [-0.2, 0) is 19.1 Å². The van der Waals surface area contributed by atoms with Gasteiger partial charge in [-0.05, 0) is 124 Å². The van der Waals surface area contributed by atoms with E-state index in [2.05, 4.69) is 34.3 Å². The lowest BCUT2D eigenvalue weighted by molar-refractivity contribution is -0.253. The zero-order valence-electron chi connectivity index (χ0n) is 24.3. The van der Waals surface area contributed by atoms with Gasteiger partial charge in [0.15, 0.2) is 0 Å². The van der Waals surface area contributed by atoms with Crippen molar-refractivity contribution < 1.29 is 29.3 Å². The van der Waals surface area contributed by atoms with E-state index in [1.54, 1.807) is 0 Å². The highest BCUT2D eigenvalue weighted by atomic mass is 16.5. The average molecular weight is 529 g/mol. The highest BCUT2D eigenvalue weighted by Gasteiger charge is 2.73. The molecule has 5 aliphatic carbocycles. The predicted molar refractivity (Wildman–Crippen MR) is 144 cm³/mol. The fraction of sp³-hybridized carbons (Fsp3) is 0.844. The second-order valence-electron chi connectivity index (χ2n) is 14.9. The highest BCUT2D eigenvalue weighted by molar-refractivity contribution is 5.77. The fourth-order valence-corrected chi connectivity index (χ4v) is 11.8. The van der Waals surface area contributed by atoms with Crippen molar-refractivity contribution in [3.05, 3.63) is 12.2 Å². The summed E-state index contributed by atoms with van der Waals surface area (Å²) in [6, 6.07) is 0. The molecule has 6 nitrogen and oxygen atoms in total. The van der Waals surface area contributed by atoms with Gasteiger partial charge in [-0.3, -0.25) is 14.4 Å². The minimum absolute atomic E-state index is 0.00171. The van der Waals surface area contributed by atoms with Gasteiger partial charge >= 0.3 is 17.9 Å². The van der Waals surface area contributed by atoms with Crippen molar-refractivity contribution >= 4 is 17.9 Å². The molecule has 0 bridgehead atoms. The second kappa shape index (κ2) is 8.57. The summed E-state index contributed by atoms with van der Waals surface area (Å²) in [5, 5.41) is 21.1. The van der Waals surface area contributed by atoms with Crippen LogP contribution in [0.15, 0.2) is 12.2 Å². The molecule has 0 aromatic heterocycles. The van der Waals surface area contributed by atoms with Gasteiger partial charge in [-0.2, -0.15) is 0 Å². The summed E-state index contributed by atoms with van der Waals surface area (Å²) in [5.74, 6) is -0.872. The SMILES string of the molecule is C=C(C)C1CC[C@]2(C(=O)O)CC[C@]3(C)[C@H](CC[C@@H]4[C@@]5(C)CCC(OC(C)=O)[C@@](C)(C(=O)O)[C@@H]5CC[C@]43C)[C@@H]12. The molecule has 5 saturated carbocycles. The standard InChI is InChI=1S/C32H48O6/c1-18(2)20-10-15-32(27(36)37)17-16-29(5)21(25(20)32)8-9-22-28(4)13-12-24(38-19(3)33)31(7,26(34)35)23(28)11-14-30(22,29)6/h20-25H,1,8-17H2,2-7H3,(H,34,35)(H,36,37)/t20?,21-,22-,23-,24?,25-,28-,29-,30-,31+,32+/m1/s1. The number of rotatable bonds is 4. The molecule has 0 radical (unpaired) electrons. The summed E-state index contributed by atoms with van der Waals surface area (Å²) >= 11 is 0. The van der Waals surface area contributed by atoms with Crippen molar-refractivity contribution in [3.63, 3.8) is 0 Å². The van der Waals surface area contributed by atoms with E-state index in [0.717, 1.165) is 63.4 Å². The molecule has 5 aliphatic rings. The molecule has 212 valence electrons. The first-order valence-electron chi connectivity index (χ1n) is 14.9. The third-order valence-corrected chi connectivity index (χ3v) is 13.9. The Morgan fingerprint density at radius 1 is 0.763 bits per heavy atom. The van der Waals surface area contributed by atoms with Gasteiger partial charge in [0.25, 0.3) is 0 Å². The van der Waals surface area contributed by atoms with E-state index in [9.17, 15) is 24.6 Å². The number of hydrogen-bond acceptors (Lipinski definition) is 4. The Labute approximate surface area is 228 Å². The molecule has 0 aromatic carbocycles. The topological polar surface area (TPSA) is 101 Å². The number of fused-ring (bicyclic) bond motifs is 7. The number of allylic oxidation sites excluding steroid dienone is 1. The van der Waals surface area contributed by atoms with Crippen LogP contribution in [0.1, 0.15) is 106 Å². The van der Waals surface area contributed by atoms with E-state index < -0.39 is 34.8 Å². The maximum absolute atomic E-state index is 12.9. The van der Waals surface area contributed by atoms with Crippen molar-refractivity contribution in [1.82, 2.24) is 0 Å². The minimum atomic E-state index is -1.11.